The summed E-state index contributed by atoms with van der Waals surface area (Å²) in [7, 11) is 0. The minimum Gasteiger partial charge on any atom is -0.365 e. The summed E-state index contributed by atoms with van der Waals surface area (Å²) in [5.41, 5.74) is 6.74. The summed E-state index contributed by atoms with van der Waals surface area (Å²) in [6, 6.07) is 5.16. The molecular weight excluding hydrogens is 331 g/mol. The Morgan fingerprint density at radius 3 is 2.33 bits per heavy atom. The number of hydrogen-bond acceptors (Lipinski definition) is 4. The zero-order valence-corrected chi connectivity index (χ0v) is 14.1. The first-order valence-corrected chi connectivity index (χ1v) is 8.09. The van der Waals surface area contributed by atoms with Gasteiger partial charge in [-0.2, -0.15) is 0 Å². The molecular formula is C17H17FN2O3S. The van der Waals surface area contributed by atoms with Gasteiger partial charge in [0.2, 0.25) is 5.91 Å². The number of carbonyl (C=O) groups excluding carboxylic acids is 3. The van der Waals surface area contributed by atoms with Crippen LogP contribution in [0.3, 0.4) is 0 Å². The Balaban J connectivity index is 1.99. The van der Waals surface area contributed by atoms with E-state index in [2.05, 4.69) is 5.32 Å². The Bertz CT molecular complexity index is 797. The first-order valence-electron chi connectivity index (χ1n) is 7.28. The largest absolute Gasteiger partial charge is 0.365 e. The number of benzene rings is 1. The minimum absolute atomic E-state index is 0.00723. The van der Waals surface area contributed by atoms with Gasteiger partial charge in [-0.05, 0) is 43.7 Å². The van der Waals surface area contributed by atoms with Crippen LogP contribution in [0.2, 0.25) is 0 Å². The number of ketones is 1. The molecule has 5 nitrogen and oxygen atoms in total. The molecule has 0 radical (unpaired) electrons. The Morgan fingerprint density at radius 2 is 1.75 bits per heavy atom. The molecule has 3 N–H and O–H groups in total. The van der Waals surface area contributed by atoms with Gasteiger partial charge < -0.3 is 11.1 Å². The second kappa shape index (κ2) is 7.35. The number of thiophene rings is 1. The molecule has 1 aromatic heterocycles. The van der Waals surface area contributed by atoms with E-state index in [0.29, 0.717) is 16.1 Å². The monoisotopic (exact) mass is 348 g/mol. The number of nitrogens with one attached hydrogen (secondary N) is 1. The molecule has 0 saturated carbocycles. The molecule has 0 aliphatic heterocycles. The van der Waals surface area contributed by atoms with Crippen LogP contribution in [0.25, 0.3) is 0 Å². The molecule has 0 aliphatic carbocycles. The lowest BCUT2D eigenvalue weighted by Crippen LogP contribution is -2.18. The van der Waals surface area contributed by atoms with E-state index in [9.17, 15) is 18.8 Å². The smallest absolute Gasteiger partial charge is 0.251 e. The highest BCUT2D eigenvalue weighted by molar-refractivity contribution is 7.16. The second-order valence-electron chi connectivity index (χ2n) is 5.33. The van der Waals surface area contributed by atoms with E-state index in [-0.39, 0.29) is 24.5 Å². The lowest BCUT2D eigenvalue weighted by atomic mass is 10.1. The third kappa shape index (κ3) is 4.05. The molecule has 2 amide bonds. The second-order valence-corrected chi connectivity index (χ2v) is 6.55. The Hall–Kier alpha value is -2.54. The van der Waals surface area contributed by atoms with Crippen LogP contribution >= 0.6 is 11.3 Å². The number of carbonyl (C=O) groups is 3. The van der Waals surface area contributed by atoms with Crippen LogP contribution in [0.1, 0.15) is 44.0 Å². The van der Waals surface area contributed by atoms with Crippen molar-refractivity contribution in [2.24, 2.45) is 5.73 Å². The van der Waals surface area contributed by atoms with E-state index in [1.165, 1.54) is 35.6 Å². The van der Waals surface area contributed by atoms with Crippen LogP contribution < -0.4 is 11.1 Å². The molecule has 0 fully saturated rings. The molecule has 0 saturated heterocycles. The maximum Gasteiger partial charge on any atom is 0.251 e. The predicted octanol–water partition coefficient (Wildman–Crippen LogP) is 3.20. The number of anilines is 1. The zero-order chi connectivity index (χ0) is 17.9. The molecule has 0 spiro atoms. The molecule has 24 heavy (non-hydrogen) atoms. The van der Waals surface area contributed by atoms with Crippen LogP contribution in [0.5, 0.6) is 0 Å². The predicted molar refractivity (Wildman–Crippen MR) is 90.9 cm³/mol. The van der Waals surface area contributed by atoms with Gasteiger partial charge in [0.1, 0.15) is 10.8 Å². The summed E-state index contributed by atoms with van der Waals surface area (Å²) in [5, 5.41) is 3.04. The SMILES string of the molecule is Cc1sc(NC(=O)CCC(=O)c2ccc(F)cc2)c(C(N)=O)c1C. The van der Waals surface area contributed by atoms with Crippen LogP contribution in [0, 0.1) is 19.7 Å². The number of rotatable bonds is 6. The average molecular weight is 348 g/mol. The van der Waals surface area contributed by atoms with Crippen molar-refractivity contribution < 1.29 is 18.8 Å². The summed E-state index contributed by atoms with van der Waals surface area (Å²) in [5.74, 6) is -1.66. The fraction of sp³-hybridized carbons (Fsp3) is 0.235. The average Bonchev–Trinajstić information content (AvgIpc) is 2.80. The van der Waals surface area contributed by atoms with Crippen LogP contribution in [0.15, 0.2) is 24.3 Å². The van der Waals surface area contributed by atoms with E-state index in [1.54, 1.807) is 6.92 Å². The number of aryl methyl sites for hydroxylation is 1. The van der Waals surface area contributed by atoms with E-state index in [1.807, 2.05) is 6.92 Å². The van der Waals surface area contributed by atoms with Crippen molar-refractivity contribution in [3.63, 3.8) is 0 Å². The maximum absolute atomic E-state index is 12.8. The van der Waals surface area contributed by atoms with Crippen molar-refractivity contribution in [1.82, 2.24) is 0 Å². The maximum atomic E-state index is 12.8. The molecule has 0 atom stereocenters. The highest BCUT2D eigenvalue weighted by atomic mass is 32.1. The number of primary amides is 1. The van der Waals surface area contributed by atoms with E-state index < -0.39 is 11.7 Å². The highest BCUT2D eigenvalue weighted by Gasteiger charge is 2.19. The van der Waals surface area contributed by atoms with E-state index >= 15 is 0 Å². The lowest BCUT2D eigenvalue weighted by molar-refractivity contribution is -0.116. The van der Waals surface area contributed by atoms with Crippen molar-refractivity contribution in [3.05, 3.63) is 51.7 Å². The van der Waals surface area contributed by atoms with Gasteiger partial charge in [0.25, 0.3) is 5.91 Å². The summed E-state index contributed by atoms with van der Waals surface area (Å²) in [6.07, 6.45) is -0.0445. The molecule has 2 aromatic rings. The molecule has 7 heteroatoms. The van der Waals surface area contributed by atoms with Crippen molar-refractivity contribution in [2.45, 2.75) is 26.7 Å². The topological polar surface area (TPSA) is 89.3 Å². The Kier molecular flexibility index (Phi) is 5.46. The first kappa shape index (κ1) is 17.8. The molecule has 1 heterocycles. The van der Waals surface area contributed by atoms with E-state index in [4.69, 9.17) is 5.73 Å². The van der Waals surface area contributed by atoms with Gasteiger partial charge in [-0.15, -0.1) is 11.3 Å². The lowest BCUT2D eigenvalue weighted by Gasteiger charge is -2.05. The summed E-state index contributed by atoms with van der Waals surface area (Å²) < 4.78 is 12.8. The normalized spacial score (nSPS) is 10.5. The van der Waals surface area contributed by atoms with Gasteiger partial charge in [0.15, 0.2) is 5.78 Å². The van der Waals surface area contributed by atoms with Gasteiger partial charge >= 0.3 is 0 Å². The third-order valence-electron chi connectivity index (χ3n) is 3.63. The highest BCUT2D eigenvalue weighted by Crippen LogP contribution is 2.32. The van der Waals surface area contributed by atoms with Gasteiger partial charge in [-0.25, -0.2) is 4.39 Å². The summed E-state index contributed by atoms with van der Waals surface area (Å²) >= 11 is 1.27. The molecule has 0 unspecified atom stereocenters. The molecule has 2 rings (SSSR count). The third-order valence-corrected chi connectivity index (χ3v) is 4.75. The van der Waals surface area contributed by atoms with Gasteiger partial charge in [-0.1, -0.05) is 0 Å². The number of Topliss-reactive ketones (excluding diaryl/α,β-unsaturated/α-hetero) is 1. The number of nitrogens with two attached hydrogens (primary N) is 1. The molecule has 1 aromatic carbocycles. The van der Waals surface area contributed by atoms with Crippen molar-refractivity contribution in [3.8, 4) is 0 Å². The fourth-order valence-electron chi connectivity index (χ4n) is 2.21. The molecule has 126 valence electrons. The summed E-state index contributed by atoms with van der Waals surface area (Å²) in [6.45, 7) is 3.60. The standard InChI is InChI=1S/C17H17FN2O3S/c1-9-10(2)24-17(15(9)16(19)23)20-14(22)8-7-13(21)11-3-5-12(18)6-4-11/h3-6H,7-8H2,1-2H3,(H2,19,23)(H,20,22). The Labute approximate surface area is 142 Å². The Morgan fingerprint density at radius 1 is 1.12 bits per heavy atom. The van der Waals surface area contributed by atoms with Crippen molar-refractivity contribution in [1.29, 1.82) is 0 Å². The number of halogens is 1. The first-order chi connectivity index (χ1) is 11.3. The van der Waals surface area contributed by atoms with Gasteiger partial charge in [-0.3, -0.25) is 14.4 Å². The van der Waals surface area contributed by atoms with Gasteiger partial charge in [0.05, 0.1) is 5.56 Å². The fourth-order valence-corrected chi connectivity index (χ4v) is 3.29. The zero-order valence-electron chi connectivity index (χ0n) is 13.3. The number of amides is 2. The van der Waals surface area contributed by atoms with Crippen LogP contribution in [0.4, 0.5) is 9.39 Å². The van der Waals surface area contributed by atoms with Crippen LogP contribution in [-0.2, 0) is 4.79 Å². The van der Waals surface area contributed by atoms with Gasteiger partial charge in [0, 0.05) is 23.3 Å². The van der Waals surface area contributed by atoms with Crippen molar-refractivity contribution in [2.75, 3.05) is 5.32 Å². The number of hydrogen-bond donors (Lipinski definition) is 2. The quantitative estimate of drug-likeness (QED) is 0.786. The van der Waals surface area contributed by atoms with Crippen molar-refractivity contribution >= 4 is 33.9 Å². The van der Waals surface area contributed by atoms with E-state index in [0.717, 1.165) is 10.4 Å². The summed E-state index contributed by atoms with van der Waals surface area (Å²) in [4.78, 5) is 36.4. The van der Waals surface area contributed by atoms with Crippen LogP contribution in [-0.4, -0.2) is 17.6 Å². The molecule has 0 bridgehead atoms. The minimum atomic E-state index is -0.602. The molecule has 0 aliphatic rings.